The van der Waals surface area contributed by atoms with Crippen molar-refractivity contribution in [2.75, 3.05) is 0 Å². The van der Waals surface area contributed by atoms with Gasteiger partial charge in [-0.1, -0.05) is 205 Å². The standard InChI is InChI=1S/2C27H27.C12H7Si.2ClH.Zr/c2*1-18(2)12-21-16-23-10-11-25(22-8-6-5-7-9-22)27(26(23)17-21)24-14-19(3)13-20(4)15-24;1-3-7-11-9(5-1)10-6-2-4-8-12(10)13-11;;;/h2*5-11,13-18H,12H2,1-4H3;1-7H;2*1H;/q3*-1;;;+2/p-2. The summed E-state index contributed by atoms with van der Waals surface area (Å²) in [6, 6.07) is 72.2. The summed E-state index contributed by atoms with van der Waals surface area (Å²) >= 11 is -0.826. The van der Waals surface area contributed by atoms with E-state index in [1.54, 1.807) is 0 Å². The van der Waals surface area contributed by atoms with E-state index < -0.39 is 20.8 Å². The molecule has 0 spiro atoms. The molecule has 0 saturated heterocycles. The minimum atomic E-state index is -0.826. The number of benzene rings is 8. The Balaban J connectivity index is 0.000000144. The molecule has 0 nitrogen and oxygen atoms in total. The van der Waals surface area contributed by atoms with Gasteiger partial charge in [0.2, 0.25) is 0 Å². The van der Waals surface area contributed by atoms with Crippen molar-refractivity contribution in [3.05, 3.63) is 228 Å². The Hall–Kier alpha value is -5.34. The van der Waals surface area contributed by atoms with Crippen molar-refractivity contribution in [1.29, 1.82) is 0 Å². The normalized spacial score (nSPS) is 11.3. The van der Waals surface area contributed by atoms with E-state index in [0.717, 1.165) is 22.4 Å². The fourth-order valence-electron chi connectivity index (χ4n) is 10.2. The average Bonchev–Trinajstić information content (AvgIpc) is 4.05. The largest absolute Gasteiger partial charge is 0.184 e. The van der Waals surface area contributed by atoms with Crippen molar-refractivity contribution in [2.45, 2.75) is 68.2 Å². The molecular weight excluding hydrogens is 983 g/mol. The van der Waals surface area contributed by atoms with Crippen molar-refractivity contribution < 1.29 is 20.8 Å². The van der Waals surface area contributed by atoms with Gasteiger partial charge in [-0.3, -0.25) is 0 Å². The summed E-state index contributed by atoms with van der Waals surface area (Å²) in [5.41, 5.74) is 21.5. The number of hydrogen-bond acceptors (Lipinski definition) is 0. The molecule has 0 amide bonds. The first-order valence-electron chi connectivity index (χ1n) is 24.4. The van der Waals surface area contributed by atoms with Gasteiger partial charge in [0.05, 0.1) is 9.52 Å². The molecule has 1 aliphatic heterocycles. The topological polar surface area (TPSA) is 0 Å². The Morgan fingerprint density at radius 1 is 0.457 bits per heavy atom. The van der Waals surface area contributed by atoms with E-state index in [4.69, 9.17) is 17.0 Å². The zero-order valence-corrected chi connectivity index (χ0v) is 46.7. The predicted octanol–water partition coefficient (Wildman–Crippen LogP) is 17.9. The number of hydrogen-bond donors (Lipinski definition) is 0. The van der Waals surface area contributed by atoms with Gasteiger partial charge in [-0.05, 0) is 85.8 Å². The van der Waals surface area contributed by atoms with Crippen LogP contribution in [0.1, 0.15) is 61.1 Å². The Morgan fingerprint density at radius 2 is 0.871 bits per heavy atom. The van der Waals surface area contributed by atoms with E-state index in [1.807, 2.05) is 6.07 Å². The molecule has 0 aromatic heterocycles. The third kappa shape index (κ3) is 12.4. The van der Waals surface area contributed by atoms with E-state index >= 15 is 0 Å². The second kappa shape index (κ2) is 23.7. The molecule has 11 rings (SSSR count). The molecule has 0 unspecified atom stereocenters. The third-order valence-electron chi connectivity index (χ3n) is 12.7. The SMILES string of the molecule is Cc1cc(C)cc(-c2c(-c3ccccc3)ccc3[cH-]c(CC(C)C)cc23)c1.Cc1cc(C)cc(-c2c(-c3ccccc3)ccc3[cH-]c(CC(C)C)cc23)c1.[Cl][Zr][Cl].[c-]1cccc2c1[Si]c1ccccc1-2. The Labute approximate surface area is 439 Å². The fraction of sp³-hybridized carbons (Fsp3) is 0.182. The van der Waals surface area contributed by atoms with Crippen molar-refractivity contribution in [3.8, 4) is 55.6 Å². The summed E-state index contributed by atoms with van der Waals surface area (Å²) in [6.45, 7) is 17.9. The minimum Gasteiger partial charge on any atom is -0.184 e. The van der Waals surface area contributed by atoms with Crippen LogP contribution < -0.4 is 10.4 Å². The van der Waals surface area contributed by atoms with Crippen LogP contribution in [-0.4, -0.2) is 9.52 Å². The molecule has 0 N–H and O–H groups in total. The van der Waals surface area contributed by atoms with Crippen LogP contribution in [0.5, 0.6) is 0 Å². The molecule has 1 aliphatic rings. The maximum atomic E-state index is 4.93. The first kappa shape index (κ1) is 51.0. The number of fused-ring (bicyclic) bond motifs is 5. The van der Waals surface area contributed by atoms with Crippen molar-refractivity contribution >= 4 is 58.5 Å². The zero-order chi connectivity index (χ0) is 49.3. The Bertz CT molecular complexity index is 3070. The molecule has 10 aromatic carbocycles. The van der Waals surface area contributed by atoms with E-state index in [2.05, 4.69) is 243 Å². The Morgan fingerprint density at radius 3 is 1.31 bits per heavy atom. The molecule has 0 aliphatic carbocycles. The summed E-state index contributed by atoms with van der Waals surface area (Å²) < 4.78 is 0. The summed E-state index contributed by atoms with van der Waals surface area (Å²) in [4.78, 5) is 0. The van der Waals surface area contributed by atoms with Crippen LogP contribution in [0.3, 0.4) is 0 Å². The molecule has 0 fully saturated rings. The van der Waals surface area contributed by atoms with Crippen LogP contribution in [0.15, 0.2) is 188 Å². The summed E-state index contributed by atoms with van der Waals surface area (Å²) in [6.07, 6.45) is 2.25. The quantitative estimate of drug-likeness (QED) is 0.105. The van der Waals surface area contributed by atoms with E-state index in [9.17, 15) is 0 Å². The van der Waals surface area contributed by atoms with Gasteiger partial charge in [-0.25, -0.2) is 0 Å². The van der Waals surface area contributed by atoms with Crippen LogP contribution >= 0.6 is 17.0 Å². The van der Waals surface area contributed by atoms with Crippen LogP contribution in [0.4, 0.5) is 0 Å². The van der Waals surface area contributed by atoms with Gasteiger partial charge < -0.3 is 0 Å². The van der Waals surface area contributed by atoms with Crippen LogP contribution in [0.2, 0.25) is 0 Å². The van der Waals surface area contributed by atoms with Gasteiger partial charge in [0.1, 0.15) is 0 Å². The van der Waals surface area contributed by atoms with E-state index in [1.165, 1.54) is 121 Å². The monoisotopic (exact) mass is 1040 g/mol. The first-order chi connectivity index (χ1) is 33.9. The van der Waals surface area contributed by atoms with Crippen molar-refractivity contribution in [2.24, 2.45) is 11.8 Å². The van der Waals surface area contributed by atoms with E-state index in [-0.39, 0.29) is 0 Å². The molecule has 0 saturated carbocycles. The zero-order valence-electron chi connectivity index (χ0n) is 41.7. The average molecular weight is 1040 g/mol. The third-order valence-corrected chi connectivity index (χ3v) is 14.1. The van der Waals surface area contributed by atoms with E-state index in [0.29, 0.717) is 11.8 Å². The predicted molar refractivity (Wildman–Crippen MR) is 304 cm³/mol. The fourth-order valence-corrected chi connectivity index (χ4v) is 11.5. The molecule has 2 radical (unpaired) electrons. The van der Waals surface area contributed by atoms with Gasteiger partial charge >= 0.3 is 37.9 Å². The van der Waals surface area contributed by atoms with Gasteiger partial charge in [-0.2, -0.15) is 41.6 Å². The van der Waals surface area contributed by atoms with Crippen LogP contribution in [0.25, 0.3) is 77.2 Å². The molecule has 350 valence electrons. The first-order valence-corrected chi connectivity index (χ1v) is 31.8. The number of rotatable bonds is 8. The molecular formula is C66H61Cl2SiZr-3. The van der Waals surface area contributed by atoms with Crippen LogP contribution in [0, 0.1) is 45.6 Å². The molecule has 1 heterocycles. The van der Waals surface area contributed by atoms with Gasteiger partial charge in [0.15, 0.2) is 0 Å². The Kier molecular flexibility index (Phi) is 17.3. The maximum absolute atomic E-state index is 4.93. The molecule has 70 heavy (non-hydrogen) atoms. The van der Waals surface area contributed by atoms with Gasteiger partial charge in [0.25, 0.3) is 0 Å². The summed E-state index contributed by atoms with van der Waals surface area (Å²) in [7, 11) is 10.7. The van der Waals surface area contributed by atoms with Gasteiger partial charge in [-0.15, -0.1) is 62.5 Å². The maximum Gasteiger partial charge on any atom is 0.0920 e. The molecule has 4 heteroatoms. The number of aryl methyl sites for hydroxylation is 4. The summed E-state index contributed by atoms with van der Waals surface area (Å²) in [5.74, 6) is 1.33. The second-order valence-corrected chi connectivity index (χ2v) is 24.6. The summed E-state index contributed by atoms with van der Waals surface area (Å²) in [5, 5.41) is 8.26. The smallest absolute Gasteiger partial charge is 0.0920 e. The number of halogens is 2. The second-order valence-electron chi connectivity index (χ2n) is 19.6. The van der Waals surface area contributed by atoms with Crippen molar-refractivity contribution in [3.63, 3.8) is 0 Å². The van der Waals surface area contributed by atoms with Crippen LogP contribution in [-0.2, 0) is 33.7 Å². The molecule has 0 atom stereocenters. The van der Waals surface area contributed by atoms with Crippen molar-refractivity contribution in [1.82, 2.24) is 0 Å². The minimum absolute atomic E-state index is 0.667. The molecule has 10 aromatic rings. The van der Waals surface area contributed by atoms with Gasteiger partial charge in [0, 0.05) is 0 Å². The molecule has 0 bridgehead atoms.